The van der Waals surface area contributed by atoms with Crippen molar-refractivity contribution in [2.24, 2.45) is 5.73 Å². The topological polar surface area (TPSA) is 81.2 Å². The molecule has 0 fully saturated rings. The predicted octanol–water partition coefficient (Wildman–Crippen LogP) is 3.24. The predicted molar refractivity (Wildman–Crippen MR) is 79.5 cm³/mol. The summed E-state index contributed by atoms with van der Waals surface area (Å²) in [6, 6.07) is 12.7. The van der Waals surface area contributed by atoms with Crippen LogP contribution in [-0.4, -0.2) is 11.5 Å². The van der Waals surface area contributed by atoms with Gasteiger partial charge in [-0.3, -0.25) is 10.1 Å². The van der Waals surface area contributed by atoms with Gasteiger partial charge in [0.1, 0.15) is 11.5 Å². The summed E-state index contributed by atoms with van der Waals surface area (Å²) in [7, 11) is 0. The average molecular weight is 289 g/mol. The molecule has 6 heteroatoms. The first-order chi connectivity index (χ1) is 10.1. The zero-order chi connectivity index (χ0) is 15.2. The first-order valence-corrected chi connectivity index (χ1v) is 6.56. The Hall–Kier alpha value is -2.47. The summed E-state index contributed by atoms with van der Waals surface area (Å²) in [6.45, 7) is 0.417. The number of nitrogens with two attached hydrogens (primary N) is 1. The molecule has 0 aliphatic carbocycles. The van der Waals surface area contributed by atoms with Crippen LogP contribution in [-0.2, 0) is 0 Å². The van der Waals surface area contributed by atoms with Crippen molar-refractivity contribution in [1.82, 2.24) is 0 Å². The molecule has 0 saturated heterocycles. The summed E-state index contributed by atoms with van der Waals surface area (Å²) in [4.78, 5) is 10.3. The summed E-state index contributed by atoms with van der Waals surface area (Å²) < 4.78 is 13.2. The van der Waals surface area contributed by atoms with Gasteiger partial charge in [0.25, 0.3) is 5.69 Å². The molecule has 110 valence electrons. The van der Waals surface area contributed by atoms with Crippen LogP contribution in [0.1, 0.15) is 18.0 Å². The second-order valence-electron chi connectivity index (χ2n) is 4.65. The first-order valence-electron chi connectivity index (χ1n) is 6.56. The van der Waals surface area contributed by atoms with Gasteiger partial charge < -0.3 is 11.1 Å². The van der Waals surface area contributed by atoms with E-state index >= 15 is 0 Å². The molecule has 0 spiro atoms. The van der Waals surface area contributed by atoms with Crippen LogP contribution < -0.4 is 11.1 Å². The minimum Gasteiger partial charge on any atom is -0.379 e. The van der Waals surface area contributed by atoms with Crippen LogP contribution in [0.3, 0.4) is 0 Å². The Bertz CT molecular complexity index is 620. The van der Waals surface area contributed by atoms with Gasteiger partial charge in [-0.05, 0) is 18.1 Å². The lowest BCUT2D eigenvalue weighted by atomic mass is 10.1. The van der Waals surface area contributed by atoms with Crippen molar-refractivity contribution in [1.29, 1.82) is 0 Å². The third-order valence-electron chi connectivity index (χ3n) is 3.15. The van der Waals surface area contributed by atoms with E-state index in [1.54, 1.807) is 0 Å². The molecule has 1 atom stereocenters. The van der Waals surface area contributed by atoms with Crippen LogP contribution in [0.2, 0.25) is 0 Å². The SMILES string of the molecule is NC(CCNc1cc(F)ccc1[N+](=O)[O-])c1ccccc1. The molecular weight excluding hydrogens is 273 g/mol. The molecule has 2 aromatic carbocycles. The fourth-order valence-corrected chi connectivity index (χ4v) is 2.04. The van der Waals surface area contributed by atoms with Crippen molar-refractivity contribution in [3.8, 4) is 0 Å². The van der Waals surface area contributed by atoms with Crippen molar-refractivity contribution in [3.05, 3.63) is 70.0 Å². The standard InChI is InChI=1S/C15H16FN3O2/c16-12-6-7-15(19(20)21)14(10-12)18-9-8-13(17)11-4-2-1-3-5-11/h1-7,10,13,18H,8-9,17H2. The molecular formula is C15H16FN3O2. The number of nitrogens with one attached hydrogen (secondary N) is 1. The van der Waals surface area contributed by atoms with E-state index in [-0.39, 0.29) is 17.4 Å². The maximum absolute atomic E-state index is 13.2. The zero-order valence-electron chi connectivity index (χ0n) is 11.3. The largest absolute Gasteiger partial charge is 0.379 e. The summed E-state index contributed by atoms with van der Waals surface area (Å²) in [5.74, 6) is -0.518. The van der Waals surface area contributed by atoms with E-state index in [9.17, 15) is 14.5 Å². The second-order valence-corrected chi connectivity index (χ2v) is 4.65. The Morgan fingerprint density at radius 2 is 1.95 bits per heavy atom. The third-order valence-corrected chi connectivity index (χ3v) is 3.15. The normalized spacial score (nSPS) is 11.9. The van der Waals surface area contributed by atoms with Crippen LogP contribution in [0.4, 0.5) is 15.8 Å². The van der Waals surface area contributed by atoms with E-state index < -0.39 is 10.7 Å². The minimum absolute atomic E-state index is 0.148. The molecule has 1 unspecified atom stereocenters. The highest BCUT2D eigenvalue weighted by molar-refractivity contribution is 5.61. The highest BCUT2D eigenvalue weighted by Crippen LogP contribution is 2.25. The number of nitro groups is 1. The first kappa shape index (κ1) is 14.9. The maximum atomic E-state index is 13.2. The van der Waals surface area contributed by atoms with Crippen LogP contribution in [0, 0.1) is 15.9 Å². The highest BCUT2D eigenvalue weighted by atomic mass is 19.1. The number of benzene rings is 2. The average Bonchev–Trinajstić information content (AvgIpc) is 2.48. The van der Waals surface area contributed by atoms with Gasteiger partial charge in [0.2, 0.25) is 0 Å². The van der Waals surface area contributed by atoms with Crippen LogP contribution in [0.25, 0.3) is 0 Å². The van der Waals surface area contributed by atoms with Gasteiger partial charge in [0.15, 0.2) is 0 Å². The number of nitro benzene ring substituents is 1. The number of hydrogen-bond donors (Lipinski definition) is 2. The molecule has 2 rings (SSSR count). The number of hydrogen-bond acceptors (Lipinski definition) is 4. The van der Waals surface area contributed by atoms with Crippen LogP contribution >= 0.6 is 0 Å². The van der Waals surface area contributed by atoms with Crippen molar-refractivity contribution >= 4 is 11.4 Å². The van der Waals surface area contributed by atoms with Crippen molar-refractivity contribution in [2.75, 3.05) is 11.9 Å². The van der Waals surface area contributed by atoms with E-state index in [1.807, 2.05) is 30.3 Å². The number of rotatable bonds is 6. The lowest BCUT2D eigenvalue weighted by Crippen LogP contribution is -2.15. The van der Waals surface area contributed by atoms with Gasteiger partial charge in [-0.2, -0.15) is 0 Å². The van der Waals surface area contributed by atoms with E-state index in [1.165, 1.54) is 0 Å². The Labute approximate surface area is 121 Å². The zero-order valence-corrected chi connectivity index (χ0v) is 11.3. The number of anilines is 1. The smallest absolute Gasteiger partial charge is 0.292 e. The Balaban J connectivity index is 1.97. The molecule has 0 aliphatic rings. The second kappa shape index (κ2) is 6.81. The number of halogens is 1. The highest BCUT2D eigenvalue weighted by Gasteiger charge is 2.14. The lowest BCUT2D eigenvalue weighted by Gasteiger charge is -2.13. The van der Waals surface area contributed by atoms with Gasteiger partial charge in [-0.1, -0.05) is 30.3 Å². The summed E-state index contributed by atoms with van der Waals surface area (Å²) in [5, 5.41) is 13.7. The fraction of sp³-hybridized carbons (Fsp3) is 0.200. The molecule has 0 bridgehead atoms. The van der Waals surface area contributed by atoms with Gasteiger partial charge >= 0.3 is 0 Å². The third kappa shape index (κ3) is 4.00. The Morgan fingerprint density at radius 3 is 2.62 bits per heavy atom. The Kier molecular flexibility index (Phi) is 4.84. The molecule has 0 aromatic heterocycles. The fourth-order valence-electron chi connectivity index (χ4n) is 2.04. The quantitative estimate of drug-likeness (QED) is 0.632. The van der Waals surface area contributed by atoms with Crippen molar-refractivity contribution in [3.63, 3.8) is 0 Å². The summed E-state index contributed by atoms with van der Waals surface area (Å²) in [6.07, 6.45) is 0.581. The van der Waals surface area contributed by atoms with Gasteiger partial charge in [0.05, 0.1) is 4.92 Å². The van der Waals surface area contributed by atoms with E-state index in [4.69, 9.17) is 5.73 Å². The number of nitrogens with zero attached hydrogens (tertiary/aromatic N) is 1. The van der Waals surface area contributed by atoms with Crippen molar-refractivity contribution in [2.45, 2.75) is 12.5 Å². The van der Waals surface area contributed by atoms with E-state index in [2.05, 4.69) is 5.32 Å². The summed E-state index contributed by atoms with van der Waals surface area (Å²) in [5.41, 5.74) is 7.05. The lowest BCUT2D eigenvalue weighted by molar-refractivity contribution is -0.384. The minimum atomic E-state index is -0.543. The molecule has 0 saturated carbocycles. The molecule has 21 heavy (non-hydrogen) atoms. The van der Waals surface area contributed by atoms with Crippen molar-refractivity contribution < 1.29 is 9.31 Å². The van der Waals surface area contributed by atoms with Crippen LogP contribution in [0.5, 0.6) is 0 Å². The Morgan fingerprint density at radius 1 is 1.24 bits per heavy atom. The van der Waals surface area contributed by atoms with Gasteiger partial charge in [-0.15, -0.1) is 0 Å². The van der Waals surface area contributed by atoms with Gasteiger partial charge in [0, 0.05) is 24.7 Å². The molecule has 0 aliphatic heterocycles. The molecule has 2 aromatic rings. The maximum Gasteiger partial charge on any atom is 0.292 e. The van der Waals surface area contributed by atoms with Gasteiger partial charge in [-0.25, -0.2) is 4.39 Å². The molecule has 3 N–H and O–H groups in total. The summed E-state index contributed by atoms with van der Waals surface area (Å²) >= 11 is 0. The van der Waals surface area contributed by atoms with E-state index in [0.29, 0.717) is 13.0 Å². The molecule has 0 radical (unpaired) electrons. The van der Waals surface area contributed by atoms with Crippen LogP contribution in [0.15, 0.2) is 48.5 Å². The molecule has 5 nitrogen and oxygen atoms in total. The molecule has 0 heterocycles. The van der Waals surface area contributed by atoms with E-state index in [0.717, 1.165) is 23.8 Å². The molecule has 0 amide bonds. The monoisotopic (exact) mass is 289 g/mol.